The Morgan fingerprint density at radius 2 is 2.03 bits per heavy atom. The number of rotatable bonds is 2. The van der Waals surface area contributed by atoms with E-state index in [1.165, 1.54) is 13.1 Å². The molecule has 2 bridgehead atoms. The van der Waals surface area contributed by atoms with Crippen molar-refractivity contribution >= 4 is 35.2 Å². The van der Waals surface area contributed by atoms with E-state index in [1.54, 1.807) is 4.57 Å². The Balaban J connectivity index is 0.00000240. The van der Waals surface area contributed by atoms with Crippen molar-refractivity contribution < 1.29 is 14.3 Å². The molecule has 4 rings (SSSR count). The first-order valence-corrected chi connectivity index (χ1v) is 9.52. The minimum atomic E-state index is -1.33. The van der Waals surface area contributed by atoms with E-state index in [9.17, 15) is 14.7 Å². The summed E-state index contributed by atoms with van der Waals surface area (Å²) >= 11 is 0. The van der Waals surface area contributed by atoms with Gasteiger partial charge in [0, 0.05) is 42.0 Å². The molecule has 2 aromatic rings. The average molecular weight is 425 g/mol. The van der Waals surface area contributed by atoms with Gasteiger partial charge in [-0.1, -0.05) is 0 Å². The van der Waals surface area contributed by atoms with Crippen LogP contribution in [-0.4, -0.2) is 45.3 Å². The highest BCUT2D eigenvalue weighted by atomic mass is 35.5. The number of hydrogen-bond acceptors (Lipinski definition) is 5. The maximum atomic E-state index is 15.4. The van der Waals surface area contributed by atoms with Crippen molar-refractivity contribution in [3.8, 4) is 0 Å². The molecule has 0 aromatic carbocycles. The topological polar surface area (TPSA) is 87.5 Å². The molecule has 0 radical (unpaired) electrons. The van der Waals surface area contributed by atoms with E-state index < -0.39 is 22.8 Å². The maximum Gasteiger partial charge on any atom is 0.341 e. The quantitative estimate of drug-likeness (QED) is 0.770. The SMILES string of the molecule is Cc1c(F)c(N2C[C@H]3C[C@@H]2[C@H](C)N3)nc2c1c(=O)c(C(=O)O)cn2C(C)(C)C.Cl. The van der Waals surface area contributed by atoms with Crippen molar-refractivity contribution in [3.05, 3.63) is 33.4 Å². The molecule has 2 saturated heterocycles. The number of aromatic nitrogens is 2. The van der Waals surface area contributed by atoms with Gasteiger partial charge in [-0.25, -0.2) is 14.2 Å². The third-order valence-corrected chi connectivity index (χ3v) is 5.94. The highest BCUT2D eigenvalue weighted by molar-refractivity contribution is 5.93. The lowest BCUT2D eigenvalue weighted by Crippen LogP contribution is -2.50. The Hall–Kier alpha value is -2.19. The minimum Gasteiger partial charge on any atom is -0.477 e. The lowest BCUT2D eigenvalue weighted by molar-refractivity contribution is 0.0694. The van der Waals surface area contributed by atoms with Crippen LogP contribution >= 0.6 is 12.4 Å². The highest BCUT2D eigenvalue weighted by Crippen LogP contribution is 2.36. The summed E-state index contributed by atoms with van der Waals surface area (Å²) < 4.78 is 17.0. The molecular formula is C20H26ClFN4O3. The predicted molar refractivity (Wildman–Crippen MR) is 112 cm³/mol. The van der Waals surface area contributed by atoms with Gasteiger partial charge in [0.2, 0.25) is 5.43 Å². The fourth-order valence-corrected chi connectivity index (χ4v) is 4.52. The first-order chi connectivity index (χ1) is 13.0. The summed E-state index contributed by atoms with van der Waals surface area (Å²) in [7, 11) is 0. The summed E-state index contributed by atoms with van der Waals surface area (Å²) in [6.45, 7) is 9.95. The van der Waals surface area contributed by atoms with Gasteiger partial charge in [-0.05, 0) is 41.0 Å². The van der Waals surface area contributed by atoms with Crippen molar-refractivity contribution in [2.45, 2.75) is 64.7 Å². The predicted octanol–water partition coefficient (Wildman–Crippen LogP) is 2.66. The zero-order valence-corrected chi connectivity index (χ0v) is 17.9. The van der Waals surface area contributed by atoms with E-state index in [0.29, 0.717) is 18.2 Å². The van der Waals surface area contributed by atoms with Crippen molar-refractivity contribution in [2.24, 2.45) is 0 Å². The van der Waals surface area contributed by atoms with Gasteiger partial charge in [-0.2, -0.15) is 0 Å². The second-order valence-electron chi connectivity index (χ2n) is 8.90. The van der Waals surface area contributed by atoms with Crippen LogP contribution in [0.15, 0.2) is 11.0 Å². The molecule has 0 unspecified atom stereocenters. The molecule has 0 spiro atoms. The first-order valence-electron chi connectivity index (χ1n) is 9.52. The van der Waals surface area contributed by atoms with Gasteiger partial charge in [0.05, 0.1) is 5.39 Å². The van der Waals surface area contributed by atoms with E-state index in [2.05, 4.69) is 17.2 Å². The Labute approximate surface area is 174 Å². The Kier molecular flexibility index (Phi) is 5.16. The van der Waals surface area contributed by atoms with Crippen molar-refractivity contribution in [1.82, 2.24) is 14.9 Å². The Bertz CT molecular complexity index is 1060. The average Bonchev–Trinajstić information content (AvgIpc) is 3.15. The van der Waals surface area contributed by atoms with Crippen LogP contribution < -0.4 is 15.6 Å². The molecule has 2 aliphatic rings. The van der Waals surface area contributed by atoms with Gasteiger partial charge in [-0.15, -0.1) is 12.4 Å². The normalized spacial score (nSPS) is 23.5. The summed E-state index contributed by atoms with van der Waals surface area (Å²) in [4.78, 5) is 31.0. The number of halogens is 2. The largest absolute Gasteiger partial charge is 0.477 e. The van der Waals surface area contributed by atoms with Gasteiger partial charge in [-0.3, -0.25) is 4.79 Å². The van der Waals surface area contributed by atoms with Crippen LogP contribution in [0.25, 0.3) is 11.0 Å². The molecule has 2 aromatic heterocycles. The van der Waals surface area contributed by atoms with Gasteiger partial charge >= 0.3 is 5.97 Å². The molecule has 29 heavy (non-hydrogen) atoms. The van der Waals surface area contributed by atoms with Crippen molar-refractivity contribution in [2.75, 3.05) is 11.4 Å². The van der Waals surface area contributed by atoms with Gasteiger partial charge in [0.25, 0.3) is 0 Å². The minimum absolute atomic E-state index is 0. The molecule has 0 saturated carbocycles. The van der Waals surface area contributed by atoms with Crippen LogP contribution in [0, 0.1) is 12.7 Å². The third kappa shape index (κ3) is 3.18. The summed E-state index contributed by atoms with van der Waals surface area (Å²) in [5.41, 5.74) is -1.15. The highest BCUT2D eigenvalue weighted by Gasteiger charge is 2.44. The fraction of sp³-hybridized carbons (Fsp3) is 0.550. The number of carboxylic acid groups (broad SMARTS) is 1. The molecule has 158 valence electrons. The zero-order valence-electron chi connectivity index (χ0n) is 17.1. The number of carboxylic acids is 1. The van der Waals surface area contributed by atoms with Crippen LogP contribution in [0.1, 0.15) is 50.0 Å². The number of aryl methyl sites for hydroxylation is 1. The molecule has 2 fully saturated rings. The monoisotopic (exact) mass is 424 g/mol. The molecule has 0 amide bonds. The van der Waals surface area contributed by atoms with Crippen LogP contribution in [0.5, 0.6) is 0 Å². The van der Waals surface area contributed by atoms with E-state index >= 15 is 4.39 Å². The molecular weight excluding hydrogens is 399 g/mol. The number of pyridine rings is 2. The lowest BCUT2D eigenvalue weighted by atomic mass is 10.0. The number of fused-ring (bicyclic) bond motifs is 3. The standard InChI is InChI=1S/C20H25FN4O3.ClH/c1-9-14-16(26)12(19(27)28)8-25(20(3,4)5)17(14)23-18(15(9)21)24-7-11-6-13(24)10(2)22-11;/h8,10-11,13,22H,6-7H2,1-5H3,(H,27,28);1H/t10-,11+,13+;/m0./s1. The molecule has 2 aliphatic heterocycles. The van der Waals surface area contributed by atoms with Gasteiger partial charge in [0.15, 0.2) is 11.6 Å². The maximum absolute atomic E-state index is 15.4. The Morgan fingerprint density at radius 1 is 1.38 bits per heavy atom. The van der Waals surface area contributed by atoms with Crippen LogP contribution in [0.3, 0.4) is 0 Å². The number of hydrogen-bond donors (Lipinski definition) is 2. The van der Waals surface area contributed by atoms with Crippen LogP contribution in [-0.2, 0) is 5.54 Å². The second-order valence-corrected chi connectivity index (χ2v) is 8.90. The molecule has 0 aliphatic carbocycles. The second kappa shape index (κ2) is 6.95. The number of anilines is 1. The van der Waals surface area contributed by atoms with E-state index in [-0.39, 0.29) is 46.8 Å². The summed E-state index contributed by atoms with van der Waals surface area (Å²) in [6, 6.07) is 0.684. The van der Waals surface area contributed by atoms with E-state index in [1.807, 2.05) is 25.7 Å². The number of aromatic carboxylic acids is 1. The van der Waals surface area contributed by atoms with Crippen molar-refractivity contribution in [1.29, 1.82) is 0 Å². The fourth-order valence-electron chi connectivity index (χ4n) is 4.52. The first kappa shape index (κ1) is 21.5. The van der Waals surface area contributed by atoms with Crippen molar-refractivity contribution in [3.63, 3.8) is 0 Å². The van der Waals surface area contributed by atoms with Crippen LogP contribution in [0.2, 0.25) is 0 Å². The van der Waals surface area contributed by atoms with E-state index in [4.69, 9.17) is 0 Å². The summed E-state index contributed by atoms with van der Waals surface area (Å²) in [5, 5.41) is 13.0. The molecule has 3 atom stereocenters. The van der Waals surface area contributed by atoms with Gasteiger partial charge < -0.3 is 19.9 Å². The number of piperazine rings is 1. The number of carbonyl (C=O) groups is 1. The third-order valence-electron chi connectivity index (χ3n) is 5.94. The summed E-state index contributed by atoms with van der Waals surface area (Å²) in [5.74, 6) is -1.63. The smallest absolute Gasteiger partial charge is 0.341 e. The number of nitrogens with zero attached hydrogens (tertiary/aromatic N) is 3. The molecule has 9 heteroatoms. The lowest BCUT2D eigenvalue weighted by Gasteiger charge is -2.34. The number of nitrogens with one attached hydrogen (secondary N) is 1. The van der Waals surface area contributed by atoms with Gasteiger partial charge in [0.1, 0.15) is 11.2 Å². The molecule has 4 heterocycles. The Morgan fingerprint density at radius 3 is 2.55 bits per heavy atom. The zero-order chi connectivity index (χ0) is 20.5. The summed E-state index contributed by atoms with van der Waals surface area (Å²) in [6.07, 6.45) is 2.25. The molecule has 7 nitrogen and oxygen atoms in total. The van der Waals surface area contributed by atoms with Crippen LogP contribution in [0.4, 0.5) is 10.2 Å². The molecule has 2 N–H and O–H groups in total. The van der Waals surface area contributed by atoms with E-state index in [0.717, 1.165) is 6.42 Å².